The van der Waals surface area contributed by atoms with E-state index in [0.717, 1.165) is 0 Å². The van der Waals surface area contributed by atoms with Crippen LogP contribution >= 0.6 is 11.6 Å². The first-order valence-electron chi connectivity index (χ1n) is 7.08. The summed E-state index contributed by atoms with van der Waals surface area (Å²) in [6, 6.07) is 6.88. The molecule has 0 bridgehead atoms. The summed E-state index contributed by atoms with van der Waals surface area (Å²) in [7, 11) is 1.56. The van der Waals surface area contributed by atoms with Gasteiger partial charge in [-0.2, -0.15) is 0 Å². The van der Waals surface area contributed by atoms with Crippen molar-refractivity contribution in [3.05, 3.63) is 34.9 Å². The Morgan fingerprint density at radius 2 is 1.82 bits per heavy atom. The number of halogens is 1. The summed E-state index contributed by atoms with van der Waals surface area (Å²) in [5, 5.41) is -0.0356. The highest BCUT2D eigenvalue weighted by Gasteiger charge is 2.37. The molecule has 1 aliphatic heterocycles. The zero-order valence-electron chi connectivity index (χ0n) is 12.6. The molecule has 1 aromatic rings. The predicted molar refractivity (Wildman–Crippen MR) is 83.6 cm³/mol. The second kappa shape index (κ2) is 7.42. The van der Waals surface area contributed by atoms with Gasteiger partial charge in [-0.25, -0.2) is 0 Å². The topological polar surface area (TPSA) is 55.8 Å². The molecule has 22 heavy (non-hydrogen) atoms. The Labute approximate surface area is 134 Å². The second-order valence-electron chi connectivity index (χ2n) is 4.73. The monoisotopic (exact) mass is 323 g/mol. The van der Waals surface area contributed by atoms with Crippen molar-refractivity contribution in [2.24, 2.45) is 0 Å². The van der Waals surface area contributed by atoms with Crippen molar-refractivity contribution in [3.63, 3.8) is 0 Å². The van der Waals surface area contributed by atoms with Crippen molar-refractivity contribution in [2.45, 2.75) is 13.3 Å². The molecule has 0 spiro atoms. The van der Waals surface area contributed by atoms with Crippen LogP contribution in [0.4, 0.5) is 0 Å². The third-order valence-corrected chi connectivity index (χ3v) is 3.72. The normalized spacial score (nSPS) is 15.0. The second-order valence-corrected chi connectivity index (χ2v) is 5.11. The third kappa shape index (κ3) is 3.31. The summed E-state index contributed by atoms with van der Waals surface area (Å²) >= 11 is 6.07. The number of hydrogen-bond acceptors (Lipinski definition) is 4. The maximum atomic E-state index is 12.4. The van der Waals surface area contributed by atoms with Crippen molar-refractivity contribution in [1.82, 2.24) is 4.90 Å². The van der Waals surface area contributed by atoms with E-state index in [4.69, 9.17) is 21.1 Å². The van der Waals surface area contributed by atoms with Crippen molar-refractivity contribution in [3.8, 4) is 5.75 Å². The summed E-state index contributed by atoms with van der Waals surface area (Å²) < 4.78 is 10.3. The number of ether oxygens (including phenoxy) is 2. The fourth-order valence-electron chi connectivity index (χ4n) is 2.23. The lowest BCUT2D eigenvalue weighted by Gasteiger charge is -2.14. The van der Waals surface area contributed by atoms with E-state index in [-0.39, 0.29) is 16.5 Å². The Hall–Kier alpha value is -1.85. The largest absolute Gasteiger partial charge is 0.497 e. The average Bonchev–Trinajstić information content (AvgIpc) is 2.75. The van der Waals surface area contributed by atoms with Crippen molar-refractivity contribution >= 4 is 29.0 Å². The van der Waals surface area contributed by atoms with E-state index in [0.29, 0.717) is 37.5 Å². The number of methoxy groups -OCH3 is 1. The number of rotatable bonds is 7. The van der Waals surface area contributed by atoms with Crippen molar-refractivity contribution < 1.29 is 19.1 Å². The van der Waals surface area contributed by atoms with Crippen LogP contribution < -0.4 is 4.74 Å². The van der Waals surface area contributed by atoms with Crippen LogP contribution in [-0.2, 0) is 14.3 Å². The fourth-order valence-corrected chi connectivity index (χ4v) is 2.52. The van der Waals surface area contributed by atoms with E-state index in [1.165, 1.54) is 4.90 Å². The van der Waals surface area contributed by atoms with Crippen LogP contribution in [0.3, 0.4) is 0 Å². The molecule has 0 radical (unpaired) electrons. The van der Waals surface area contributed by atoms with Gasteiger partial charge in [-0.3, -0.25) is 14.5 Å². The number of benzene rings is 1. The molecule has 0 aliphatic carbocycles. The predicted octanol–water partition coefficient (Wildman–Crippen LogP) is 2.44. The summed E-state index contributed by atoms with van der Waals surface area (Å²) in [6.45, 7) is 3.31. The maximum Gasteiger partial charge on any atom is 0.273 e. The number of nitrogens with zero attached hydrogens (tertiary/aromatic N) is 1. The van der Waals surface area contributed by atoms with Gasteiger partial charge in [-0.1, -0.05) is 23.7 Å². The lowest BCUT2D eigenvalue weighted by Crippen LogP contribution is -2.32. The molecule has 0 saturated carbocycles. The highest BCUT2D eigenvalue weighted by atomic mass is 35.5. The van der Waals surface area contributed by atoms with E-state index in [9.17, 15) is 9.59 Å². The zero-order valence-corrected chi connectivity index (χ0v) is 13.4. The highest BCUT2D eigenvalue weighted by molar-refractivity contribution is 6.55. The molecule has 0 aromatic heterocycles. The molecule has 2 rings (SSSR count). The first-order valence-corrected chi connectivity index (χ1v) is 7.46. The Morgan fingerprint density at radius 3 is 2.41 bits per heavy atom. The number of carbonyl (C=O) groups excluding carboxylic acids is 2. The standard InChI is InChI=1S/C16H18ClNO4/c1-3-22-10-4-9-18-15(19)13(14(17)16(18)20)11-5-7-12(21-2)8-6-11/h5-8H,3-4,9-10H2,1-2H3. The van der Waals surface area contributed by atoms with Gasteiger partial charge >= 0.3 is 0 Å². The first kappa shape index (κ1) is 16.5. The van der Waals surface area contributed by atoms with Crippen molar-refractivity contribution in [1.29, 1.82) is 0 Å². The molecule has 1 aromatic carbocycles. The SMILES string of the molecule is CCOCCCN1C(=O)C(Cl)=C(c2ccc(OC)cc2)C1=O. The molecular weight excluding hydrogens is 306 g/mol. The Morgan fingerprint density at radius 1 is 1.14 bits per heavy atom. The first-order chi connectivity index (χ1) is 10.6. The van der Waals surface area contributed by atoms with Gasteiger partial charge in [0.15, 0.2) is 0 Å². The van der Waals surface area contributed by atoms with Crippen molar-refractivity contribution in [2.75, 3.05) is 26.9 Å². The van der Waals surface area contributed by atoms with E-state index >= 15 is 0 Å². The number of imide groups is 1. The van der Waals surface area contributed by atoms with Gasteiger partial charge in [0, 0.05) is 19.8 Å². The van der Waals surface area contributed by atoms with Crippen LogP contribution in [0.5, 0.6) is 5.75 Å². The number of amides is 2. The quantitative estimate of drug-likeness (QED) is 0.571. The lowest BCUT2D eigenvalue weighted by atomic mass is 10.1. The van der Waals surface area contributed by atoms with E-state index in [2.05, 4.69) is 0 Å². The van der Waals surface area contributed by atoms with Gasteiger partial charge < -0.3 is 9.47 Å². The van der Waals surface area contributed by atoms with Gasteiger partial charge in [0.1, 0.15) is 10.8 Å². The molecule has 118 valence electrons. The van der Waals surface area contributed by atoms with Gasteiger partial charge in [0.2, 0.25) is 0 Å². The van der Waals surface area contributed by atoms with E-state index < -0.39 is 5.91 Å². The molecule has 0 unspecified atom stereocenters. The smallest absolute Gasteiger partial charge is 0.273 e. The molecule has 0 saturated heterocycles. The summed E-state index contributed by atoms with van der Waals surface area (Å²) in [5.74, 6) is -0.142. The maximum absolute atomic E-state index is 12.4. The Bertz CT molecular complexity index is 595. The minimum atomic E-state index is -0.450. The minimum absolute atomic E-state index is 0.0356. The number of hydrogen-bond donors (Lipinski definition) is 0. The average molecular weight is 324 g/mol. The minimum Gasteiger partial charge on any atom is -0.497 e. The highest BCUT2D eigenvalue weighted by Crippen LogP contribution is 2.32. The molecule has 0 N–H and O–H groups in total. The Kier molecular flexibility index (Phi) is 5.57. The molecule has 0 fully saturated rings. The molecule has 0 atom stereocenters. The van der Waals surface area contributed by atoms with E-state index in [1.54, 1.807) is 31.4 Å². The molecule has 6 heteroatoms. The molecule has 1 heterocycles. The molecule has 2 amide bonds. The summed E-state index contributed by atoms with van der Waals surface area (Å²) in [4.78, 5) is 25.7. The van der Waals surface area contributed by atoms with Gasteiger partial charge in [-0.15, -0.1) is 0 Å². The Balaban J connectivity index is 2.14. The van der Waals surface area contributed by atoms with Gasteiger partial charge in [-0.05, 0) is 31.0 Å². The van der Waals surface area contributed by atoms with Crippen LogP contribution in [0.2, 0.25) is 0 Å². The van der Waals surface area contributed by atoms with Crippen LogP contribution in [0.25, 0.3) is 5.57 Å². The van der Waals surface area contributed by atoms with Crippen LogP contribution in [0.15, 0.2) is 29.3 Å². The number of carbonyl (C=O) groups is 2. The molecule has 1 aliphatic rings. The van der Waals surface area contributed by atoms with Crippen LogP contribution in [0, 0.1) is 0 Å². The molecular formula is C16H18ClNO4. The summed E-state index contributed by atoms with van der Waals surface area (Å²) in [6.07, 6.45) is 0.589. The van der Waals surface area contributed by atoms with E-state index in [1.807, 2.05) is 6.92 Å². The van der Waals surface area contributed by atoms with Gasteiger partial charge in [0.05, 0.1) is 12.7 Å². The lowest BCUT2D eigenvalue weighted by molar-refractivity contribution is -0.136. The zero-order chi connectivity index (χ0) is 16.1. The van der Waals surface area contributed by atoms with Crippen LogP contribution in [-0.4, -0.2) is 43.6 Å². The fraction of sp³-hybridized carbons (Fsp3) is 0.375. The summed E-state index contributed by atoms with van der Waals surface area (Å²) in [5.41, 5.74) is 0.849. The molecule has 5 nitrogen and oxygen atoms in total. The van der Waals surface area contributed by atoms with Crippen LogP contribution in [0.1, 0.15) is 18.9 Å². The third-order valence-electron chi connectivity index (χ3n) is 3.36. The van der Waals surface area contributed by atoms with Gasteiger partial charge in [0.25, 0.3) is 11.8 Å².